The molecule has 0 N–H and O–H groups in total. The van der Waals surface area contributed by atoms with Crippen molar-refractivity contribution in [3.8, 4) is 0 Å². The summed E-state index contributed by atoms with van der Waals surface area (Å²) in [5, 5.41) is 0. The first-order valence-corrected chi connectivity index (χ1v) is 6.84. The fraction of sp³-hybridized carbons (Fsp3) is 0.471. The standard InChI is InChI=1S/C17H20O/c1-11-8-14-9-12-6-4-5-7-13(12)10-15(14)16(18)17(11,2)3/h4-7,10-11,14H,8-9H2,1-3H3. The molecule has 0 bridgehead atoms. The van der Waals surface area contributed by atoms with Crippen LogP contribution >= 0.6 is 0 Å². The molecular formula is C17H20O. The Kier molecular flexibility index (Phi) is 2.48. The van der Waals surface area contributed by atoms with Crippen LogP contribution in [-0.2, 0) is 11.2 Å². The van der Waals surface area contributed by atoms with E-state index in [2.05, 4.69) is 51.1 Å². The zero-order valence-corrected chi connectivity index (χ0v) is 11.4. The number of carbonyl (C=O) groups is 1. The molecule has 3 rings (SSSR count). The second-order valence-corrected chi connectivity index (χ2v) is 6.39. The molecule has 2 aliphatic rings. The first-order chi connectivity index (χ1) is 8.50. The summed E-state index contributed by atoms with van der Waals surface area (Å²) >= 11 is 0. The van der Waals surface area contributed by atoms with E-state index in [-0.39, 0.29) is 5.41 Å². The summed E-state index contributed by atoms with van der Waals surface area (Å²) in [7, 11) is 0. The molecule has 1 saturated carbocycles. The molecule has 18 heavy (non-hydrogen) atoms. The van der Waals surface area contributed by atoms with Crippen LogP contribution in [0.2, 0.25) is 0 Å². The highest BCUT2D eigenvalue weighted by atomic mass is 16.1. The lowest BCUT2D eigenvalue weighted by Crippen LogP contribution is -2.42. The van der Waals surface area contributed by atoms with Crippen molar-refractivity contribution in [1.29, 1.82) is 0 Å². The molecule has 1 fully saturated rings. The number of hydrogen-bond acceptors (Lipinski definition) is 1. The summed E-state index contributed by atoms with van der Waals surface area (Å²) in [4.78, 5) is 12.6. The van der Waals surface area contributed by atoms with Gasteiger partial charge in [0.05, 0.1) is 0 Å². The Balaban J connectivity index is 2.08. The van der Waals surface area contributed by atoms with E-state index in [0.717, 1.165) is 18.4 Å². The van der Waals surface area contributed by atoms with Crippen LogP contribution < -0.4 is 0 Å². The van der Waals surface area contributed by atoms with Gasteiger partial charge in [-0.15, -0.1) is 0 Å². The number of ketones is 1. The van der Waals surface area contributed by atoms with Gasteiger partial charge in [-0.3, -0.25) is 4.79 Å². The molecule has 2 unspecified atom stereocenters. The van der Waals surface area contributed by atoms with Crippen LogP contribution in [0, 0.1) is 17.3 Å². The normalized spacial score (nSPS) is 29.3. The number of fused-ring (bicyclic) bond motifs is 2. The molecule has 0 aromatic heterocycles. The quantitative estimate of drug-likeness (QED) is 0.672. The molecule has 1 aromatic carbocycles. The average Bonchev–Trinajstić information content (AvgIpc) is 2.35. The highest BCUT2D eigenvalue weighted by molar-refractivity contribution is 6.05. The Morgan fingerprint density at radius 3 is 2.72 bits per heavy atom. The van der Waals surface area contributed by atoms with Crippen molar-refractivity contribution in [2.75, 3.05) is 0 Å². The minimum atomic E-state index is -0.200. The van der Waals surface area contributed by atoms with Gasteiger partial charge in [0.1, 0.15) is 0 Å². The van der Waals surface area contributed by atoms with Crippen LogP contribution in [0.25, 0.3) is 6.08 Å². The fourth-order valence-corrected chi connectivity index (χ4v) is 3.30. The smallest absolute Gasteiger partial charge is 0.165 e. The molecule has 0 radical (unpaired) electrons. The molecule has 0 heterocycles. The molecule has 2 atom stereocenters. The van der Waals surface area contributed by atoms with E-state index in [1.54, 1.807) is 0 Å². The van der Waals surface area contributed by atoms with E-state index in [9.17, 15) is 4.79 Å². The third-order valence-electron chi connectivity index (χ3n) is 4.99. The van der Waals surface area contributed by atoms with Gasteiger partial charge in [0.25, 0.3) is 0 Å². The molecule has 0 amide bonds. The second kappa shape index (κ2) is 3.81. The van der Waals surface area contributed by atoms with Gasteiger partial charge in [-0.25, -0.2) is 0 Å². The van der Waals surface area contributed by atoms with E-state index in [4.69, 9.17) is 0 Å². The molecular weight excluding hydrogens is 220 g/mol. The molecule has 0 saturated heterocycles. The molecule has 0 spiro atoms. The van der Waals surface area contributed by atoms with Crippen molar-refractivity contribution in [3.63, 3.8) is 0 Å². The molecule has 1 aromatic rings. The summed E-state index contributed by atoms with van der Waals surface area (Å²) in [5.74, 6) is 1.27. The van der Waals surface area contributed by atoms with Crippen molar-refractivity contribution in [2.24, 2.45) is 17.3 Å². The van der Waals surface area contributed by atoms with Crippen LogP contribution in [0.15, 0.2) is 29.8 Å². The Morgan fingerprint density at radius 2 is 1.94 bits per heavy atom. The largest absolute Gasteiger partial charge is 0.294 e. The predicted molar refractivity (Wildman–Crippen MR) is 74.2 cm³/mol. The van der Waals surface area contributed by atoms with Gasteiger partial charge in [-0.05, 0) is 47.5 Å². The zero-order valence-electron chi connectivity index (χ0n) is 11.4. The molecule has 94 valence electrons. The van der Waals surface area contributed by atoms with E-state index in [1.165, 1.54) is 11.1 Å². The maximum atomic E-state index is 12.6. The summed E-state index contributed by atoms with van der Waals surface area (Å²) in [6.07, 6.45) is 4.31. The van der Waals surface area contributed by atoms with Crippen LogP contribution in [-0.4, -0.2) is 5.78 Å². The maximum absolute atomic E-state index is 12.6. The lowest BCUT2D eigenvalue weighted by Gasteiger charge is -2.42. The number of allylic oxidation sites excluding steroid dienone is 1. The number of carbonyl (C=O) groups excluding carboxylic acids is 1. The minimum absolute atomic E-state index is 0.200. The van der Waals surface area contributed by atoms with E-state index in [0.29, 0.717) is 17.6 Å². The van der Waals surface area contributed by atoms with Gasteiger partial charge in [-0.2, -0.15) is 0 Å². The van der Waals surface area contributed by atoms with Crippen molar-refractivity contribution in [2.45, 2.75) is 33.6 Å². The molecule has 1 heteroatoms. The first-order valence-electron chi connectivity index (χ1n) is 6.84. The number of rotatable bonds is 0. The topological polar surface area (TPSA) is 17.1 Å². The molecule has 0 aliphatic heterocycles. The summed E-state index contributed by atoms with van der Waals surface area (Å²) in [6, 6.07) is 8.46. The third-order valence-corrected chi connectivity index (χ3v) is 4.99. The third kappa shape index (κ3) is 1.57. The maximum Gasteiger partial charge on any atom is 0.165 e. The lowest BCUT2D eigenvalue weighted by atomic mass is 9.60. The summed E-state index contributed by atoms with van der Waals surface area (Å²) < 4.78 is 0. The van der Waals surface area contributed by atoms with Gasteiger partial charge >= 0.3 is 0 Å². The Morgan fingerprint density at radius 1 is 1.22 bits per heavy atom. The van der Waals surface area contributed by atoms with Gasteiger partial charge in [0.2, 0.25) is 0 Å². The van der Waals surface area contributed by atoms with Crippen LogP contribution in [0.5, 0.6) is 0 Å². The summed E-state index contributed by atoms with van der Waals surface area (Å²) in [6.45, 7) is 6.41. The number of Topliss-reactive ketones (excluding diaryl/α,β-unsaturated/α-hetero) is 1. The van der Waals surface area contributed by atoms with Gasteiger partial charge in [-0.1, -0.05) is 45.0 Å². The Bertz CT molecular complexity index is 536. The van der Waals surface area contributed by atoms with Gasteiger partial charge in [0.15, 0.2) is 5.78 Å². The molecule has 2 aliphatic carbocycles. The zero-order chi connectivity index (χ0) is 12.9. The average molecular weight is 240 g/mol. The highest BCUT2D eigenvalue weighted by Crippen LogP contribution is 2.46. The monoisotopic (exact) mass is 240 g/mol. The van der Waals surface area contributed by atoms with Gasteiger partial charge in [0, 0.05) is 5.41 Å². The summed E-state index contributed by atoms with van der Waals surface area (Å²) in [5.41, 5.74) is 3.50. The second-order valence-electron chi connectivity index (χ2n) is 6.39. The van der Waals surface area contributed by atoms with Crippen LogP contribution in [0.1, 0.15) is 38.3 Å². The van der Waals surface area contributed by atoms with Crippen molar-refractivity contribution in [1.82, 2.24) is 0 Å². The lowest BCUT2D eigenvalue weighted by molar-refractivity contribution is -0.128. The number of hydrogen-bond donors (Lipinski definition) is 0. The SMILES string of the molecule is CC1CC2Cc3ccccc3C=C2C(=O)C1(C)C. The Hall–Kier alpha value is -1.37. The Labute approximate surface area is 109 Å². The van der Waals surface area contributed by atoms with E-state index in [1.807, 2.05) is 0 Å². The van der Waals surface area contributed by atoms with Crippen LogP contribution in [0.4, 0.5) is 0 Å². The minimum Gasteiger partial charge on any atom is -0.294 e. The highest BCUT2D eigenvalue weighted by Gasteiger charge is 2.44. The van der Waals surface area contributed by atoms with E-state index < -0.39 is 0 Å². The molecule has 1 nitrogen and oxygen atoms in total. The van der Waals surface area contributed by atoms with Gasteiger partial charge < -0.3 is 0 Å². The van der Waals surface area contributed by atoms with E-state index >= 15 is 0 Å². The predicted octanol–water partition coefficient (Wildman–Crippen LogP) is 3.88. The first kappa shape index (κ1) is 11.7. The van der Waals surface area contributed by atoms with Crippen molar-refractivity contribution < 1.29 is 4.79 Å². The fourth-order valence-electron chi connectivity index (χ4n) is 3.30. The van der Waals surface area contributed by atoms with Crippen molar-refractivity contribution in [3.05, 3.63) is 41.0 Å². The van der Waals surface area contributed by atoms with Crippen LogP contribution in [0.3, 0.4) is 0 Å². The number of benzene rings is 1. The van der Waals surface area contributed by atoms with Crippen molar-refractivity contribution >= 4 is 11.9 Å².